The molecule has 2 unspecified atom stereocenters. The smallest absolute Gasteiger partial charge is 0.150 e. The second-order valence-corrected chi connectivity index (χ2v) is 7.52. The van der Waals surface area contributed by atoms with Crippen LogP contribution in [0.3, 0.4) is 0 Å². The van der Waals surface area contributed by atoms with Crippen molar-refractivity contribution in [3.8, 4) is 0 Å². The van der Waals surface area contributed by atoms with Crippen LogP contribution in [0.4, 0.5) is 0 Å². The Hall–Kier alpha value is -0.390. The molecule has 0 aliphatic carbocycles. The molecule has 0 bridgehead atoms. The van der Waals surface area contributed by atoms with E-state index in [-0.39, 0.29) is 17.7 Å². The van der Waals surface area contributed by atoms with Crippen molar-refractivity contribution in [3.63, 3.8) is 0 Å². The number of sulfone groups is 1. The fourth-order valence-electron chi connectivity index (χ4n) is 2.02. The maximum absolute atomic E-state index is 11.3. The average Bonchev–Trinajstić information content (AvgIpc) is 2.71. The van der Waals surface area contributed by atoms with Crippen molar-refractivity contribution >= 4 is 21.2 Å². The molecule has 1 saturated heterocycles. The highest BCUT2D eigenvalue weighted by molar-refractivity contribution is 7.91. The van der Waals surface area contributed by atoms with E-state index in [1.165, 1.54) is 4.88 Å². The number of nitrogens with two attached hydrogens (primary N) is 1. The van der Waals surface area contributed by atoms with Crippen molar-refractivity contribution in [1.29, 1.82) is 0 Å². The summed E-state index contributed by atoms with van der Waals surface area (Å²) in [6, 6.07) is 1.94. The lowest BCUT2D eigenvalue weighted by Crippen LogP contribution is -2.21. The zero-order chi connectivity index (χ0) is 11.1. The Labute approximate surface area is 94.2 Å². The van der Waals surface area contributed by atoms with Crippen LogP contribution in [0.25, 0.3) is 0 Å². The predicted octanol–water partition coefficient (Wildman–Crippen LogP) is 1.49. The molecule has 15 heavy (non-hydrogen) atoms. The summed E-state index contributed by atoms with van der Waals surface area (Å²) >= 11 is 1.66. The molecule has 1 aliphatic heterocycles. The summed E-state index contributed by atoms with van der Waals surface area (Å²) in [4.78, 5) is 1.22. The zero-order valence-corrected chi connectivity index (χ0v) is 10.3. The SMILES string of the molecule is Cc1cc(C(N)C2CCS(=O)(=O)C2)cs1. The molecule has 2 N–H and O–H groups in total. The number of rotatable bonds is 2. The summed E-state index contributed by atoms with van der Waals surface area (Å²) < 4.78 is 22.7. The molecule has 0 radical (unpaired) electrons. The van der Waals surface area contributed by atoms with Crippen molar-refractivity contribution in [2.75, 3.05) is 11.5 Å². The van der Waals surface area contributed by atoms with E-state index < -0.39 is 9.84 Å². The minimum Gasteiger partial charge on any atom is -0.324 e. The first-order valence-corrected chi connectivity index (χ1v) is 7.69. The zero-order valence-electron chi connectivity index (χ0n) is 8.64. The fraction of sp³-hybridized carbons (Fsp3) is 0.600. The summed E-state index contributed by atoms with van der Waals surface area (Å²) in [7, 11) is -2.82. The fourth-order valence-corrected chi connectivity index (χ4v) is 4.62. The van der Waals surface area contributed by atoms with Crippen molar-refractivity contribution in [2.45, 2.75) is 19.4 Å². The van der Waals surface area contributed by atoms with Gasteiger partial charge < -0.3 is 5.73 Å². The van der Waals surface area contributed by atoms with Gasteiger partial charge in [-0.1, -0.05) is 0 Å². The van der Waals surface area contributed by atoms with Gasteiger partial charge in [0.2, 0.25) is 0 Å². The molecule has 3 nitrogen and oxygen atoms in total. The summed E-state index contributed by atoms with van der Waals surface area (Å²) in [5.74, 6) is 0.654. The minimum atomic E-state index is -2.82. The van der Waals surface area contributed by atoms with Gasteiger partial charge in [-0.25, -0.2) is 8.42 Å². The van der Waals surface area contributed by atoms with Crippen LogP contribution in [0.15, 0.2) is 11.4 Å². The molecule has 0 amide bonds. The van der Waals surface area contributed by atoms with E-state index in [1.807, 2.05) is 12.3 Å². The molecule has 2 heterocycles. The van der Waals surface area contributed by atoms with Gasteiger partial charge in [-0.15, -0.1) is 11.3 Å². The molecule has 1 aromatic rings. The van der Waals surface area contributed by atoms with Crippen LogP contribution in [-0.2, 0) is 9.84 Å². The number of aryl methyl sites for hydroxylation is 1. The number of hydrogen-bond donors (Lipinski definition) is 1. The number of hydrogen-bond acceptors (Lipinski definition) is 4. The third-order valence-corrected chi connectivity index (χ3v) is 5.58. The van der Waals surface area contributed by atoms with Gasteiger partial charge in [0, 0.05) is 10.9 Å². The molecule has 5 heteroatoms. The van der Waals surface area contributed by atoms with Gasteiger partial charge >= 0.3 is 0 Å². The minimum absolute atomic E-state index is 0.101. The van der Waals surface area contributed by atoms with Gasteiger partial charge in [-0.3, -0.25) is 0 Å². The monoisotopic (exact) mass is 245 g/mol. The van der Waals surface area contributed by atoms with E-state index in [2.05, 4.69) is 6.07 Å². The molecule has 0 saturated carbocycles. The van der Waals surface area contributed by atoms with Crippen molar-refractivity contribution < 1.29 is 8.42 Å². The molecule has 2 atom stereocenters. The van der Waals surface area contributed by atoms with Crippen LogP contribution in [-0.4, -0.2) is 19.9 Å². The standard InChI is InChI=1S/C10H15NO2S2/c1-7-4-9(5-14-7)10(11)8-2-3-15(12,13)6-8/h4-5,8,10H,2-3,6,11H2,1H3. The Morgan fingerprint density at radius 1 is 1.60 bits per heavy atom. The molecular formula is C10H15NO2S2. The highest BCUT2D eigenvalue weighted by Gasteiger charge is 2.32. The lowest BCUT2D eigenvalue weighted by molar-refractivity contribution is 0.481. The van der Waals surface area contributed by atoms with Gasteiger partial charge in [0.15, 0.2) is 9.84 Å². The third-order valence-electron chi connectivity index (χ3n) is 2.91. The Morgan fingerprint density at radius 3 is 2.80 bits per heavy atom. The molecular weight excluding hydrogens is 230 g/mol. The van der Waals surface area contributed by atoms with E-state index in [0.29, 0.717) is 12.2 Å². The van der Waals surface area contributed by atoms with Gasteiger partial charge in [0.1, 0.15) is 0 Å². The van der Waals surface area contributed by atoms with Crippen molar-refractivity contribution in [2.24, 2.45) is 11.7 Å². The van der Waals surface area contributed by atoms with Crippen molar-refractivity contribution in [1.82, 2.24) is 0 Å². The second kappa shape index (κ2) is 3.88. The highest BCUT2D eigenvalue weighted by Crippen LogP contribution is 2.31. The highest BCUT2D eigenvalue weighted by atomic mass is 32.2. The van der Waals surface area contributed by atoms with Gasteiger partial charge in [-0.05, 0) is 36.3 Å². The van der Waals surface area contributed by atoms with Crippen LogP contribution >= 0.6 is 11.3 Å². The molecule has 2 rings (SSSR count). The second-order valence-electron chi connectivity index (χ2n) is 4.18. The summed E-state index contributed by atoms with van der Waals surface area (Å²) in [6.07, 6.45) is 0.707. The van der Waals surface area contributed by atoms with Crippen molar-refractivity contribution in [3.05, 3.63) is 21.9 Å². The van der Waals surface area contributed by atoms with Crippen LogP contribution in [0, 0.1) is 12.8 Å². The topological polar surface area (TPSA) is 60.2 Å². The molecule has 0 spiro atoms. The van der Waals surface area contributed by atoms with Crippen LogP contribution in [0.5, 0.6) is 0 Å². The van der Waals surface area contributed by atoms with Crippen LogP contribution in [0.1, 0.15) is 22.9 Å². The molecule has 84 valence electrons. The molecule has 1 fully saturated rings. The lowest BCUT2D eigenvalue weighted by Gasteiger charge is -2.16. The molecule has 1 aliphatic rings. The van der Waals surface area contributed by atoms with E-state index in [4.69, 9.17) is 5.73 Å². The first-order chi connectivity index (χ1) is 6.98. The van der Waals surface area contributed by atoms with Crippen LogP contribution < -0.4 is 5.73 Å². The maximum Gasteiger partial charge on any atom is 0.150 e. The number of thiophene rings is 1. The predicted molar refractivity (Wildman–Crippen MR) is 62.7 cm³/mol. The van der Waals surface area contributed by atoms with E-state index in [1.54, 1.807) is 11.3 Å². The Balaban J connectivity index is 2.13. The Kier molecular flexibility index (Phi) is 2.87. The lowest BCUT2D eigenvalue weighted by atomic mass is 9.95. The maximum atomic E-state index is 11.3. The summed E-state index contributed by atoms with van der Waals surface area (Å²) in [5, 5.41) is 2.03. The quantitative estimate of drug-likeness (QED) is 0.858. The van der Waals surface area contributed by atoms with E-state index >= 15 is 0 Å². The third kappa shape index (κ3) is 2.41. The van der Waals surface area contributed by atoms with E-state index in [9.17, 15) is 8.42 Å². The summed E-state index contributed by atoms with van der Waals surface area (Å²) in [6.45, 7) is 2.03. The largest absolute Gasteiger partial charge is 0.324 e. The molecule has 1 aromatic heterocycles. The Morgan fingerprint density at radius 2 is 2.33 bits per heavy atom. The average molecular weight is 245 g/mol. The first kappa shape index (κ1) is 11.1. The first-order valence-electron chi connectivity index (χ1n) is 4.99. The normalized spacial score (nSPS) is 26.7. The van der Waals surface area contributed by atoms with Crippen LogP contribution in [0.2, 0.25) is 0 Å². The molecule has 0 aromatic carbocycles. The Bertz CT molecular complexity index is 450. The van der Waals surface area contributed by atoms with Gasteiger partial charge in [0.25, 0.3) is 0 Å². The summed E-state index contributed by atoms with van der Waals surface area (Å²) in [5.41, 5.74) is 7.16. The van der Waals surface area contributed by atoms with Gasteiger partial charge in [-0.2, -0.15) is 0 Å². The van der Waals surface area contributed by atoms with Gasteiger partial charge in [0.05, 0.1) is 11.5 Å². The van der Waals surface area contributed by atoms with E-state index in [0.717, 1.165) is 5.56 Å².